The highest BCUT2D eigenvalue weighted by Gasteiger charge is 2.27. The lowest BCUT2D eigenvalue weighted by molar-refractivity contribution is 0.0678. The quantitative estimate of drug-likeness (QED) is 0.209. The molecule has 44 heavy (non-hydrogen) atoms. The van der Waals surface area contributed by atoms with E-state index in [1.165, 1.54) is 6.07 Å². The fourth-order valence-corrected chi connectivity index (χ4v) is 5.59. The fourth-order valence-electron chi connectivity index (χ4n) is 5.59. The van der Waals surface area contributed by atoms with Crippen LogP contribution in [0.2, 0.25) is 0 Å². The normalized spacial score (nSPS) is 11.2. The van der Waals surface area contributed by atoms with Crippen LogP contribution in [0.25, 0.3) is 44.3 Å². The van der Waals surface area contributed by atoms with Gasteiger partial charge in [0.1, 0.15) is 5.56 Å². The van der Waals surface area contributed by atoms with Crippen molar-refractivity contribution in [2.45, 2.75) is 26.7 Å². The molecule has 6 rings (SSSR count). The number of esters is 1. The van der Waals surface area contributed by atoms with Crippen LogP contribution in [-0.2, 0) is 19.9 Å². The van der Waals surface area contributed by atoms with Crippen molar-refractivity contribution in [3.63, 3.8) is 0 Å². The van der Waals surface area contributed by atoms with Gasteiger partial charge in [-0.15, -0.1) is 0 Å². The van der Waals surface area contributed by atoms with E-state index in [4.69, 9.17) is 4.74 Å². The van der Waals surface area contributed by atoms with Gasteiger partial charge >= 0.3 is 11.9 Å². The molecule has 220 valence electrons. The molecule has 0 fully saturated rings. The number of H-pyrrole nitrogens is 2. The van der Waals surface area contributed by atoms with Crippen molar-refractivity contribution >= 4 is 33.7 Å². The van der Waals surface area contributed by atoms with Crippen molar-refractivity contribution in [2.75, 3.05) is 0 Å². The van der Waals surface area contributed by atoms with Crippen LogP contribution >= 0.6 is 0 Å². The van der Waals surface area contributed by atoms with E-state index in [1.807, 2.05) is 61.1 Å². The molecule has 0 unspecified atom stereocenters. The molecule has 4 heterocycles. The van der Waals surface area contributed by atoms with E-state index in [-0.39, 0.29) is 12.0 Å². The molecule has 2 aromatic carbocycles. The van der Waals surface area contributed by atoms with Crippen molar-refractivity contribution in [1.82, 2.24) is 19.5 Å². The van der Waals surface area contributed by atoms with Gasteiger partial charge < -0.3 is 24.4 Å². The monoisotopic (exact) mass is 588 g/mol. The smallest absolute Gasteiger partial charge is 0.349 e. The number of pyridine rings is 3. The van der Waals surface area contributed by atoms with Gasteiger partial charge in [0.2, 0.25) is 0 Å². The zero-order chi connectivity index (χ0) is 31.1. The number of hydrogen-bond donors (Lipinski definition) is 3. The molecule has 0 saturated carbocycles. The number of aromatic amines is 2. The third-order valence-electron chi connectivity index (χ3n) is 7.82. The highest BCUT2D eigenvalue weighted by molar-refractivity contribution is 5.97. The number of hydrogen-bond acceptors (Lipinski definition) is 6. The average Bonchev–Trinajstić information content (AvgIpc) is 3.39. The predicted octanol–water partition coefficient (Wildman–Crippen LogP) is 5.48. The Morgan fingerprint density at radius 2 is 1.61 bits per heavy atom. The molecule has 0 bridgehead atoms. The lowest BCUT2D eigenvalue weighted by Crippen LogP contribution is -2.27. The third-order valence-corrected chi connectivity index (χ3v) is 7.82. The summed E-state index contributed by atoms with van der Waals surface area (Å²) in [6.07, 6.45) is 4.33. The summed E-state index contributed by atoms with van der Waals surface area (Å²) in [5.74, 6) is -3.03. The minimum atomic E-state index is -1.56. The van der Waals surface area contributed by atoms with Crippen LogP contribution in [0, 0.1) is 0 Å². The lowest BCUT2D eigenvalue weighted by atomic mass is 9.99. The zero-order valence-corrected chi connectivity index (χ0v) is 24.2. The molecule has 10 heteroatoms. The number of fused-ring (bicyclic) bond motifs is 2. The second-order valence-corrected chi connectivity index (χ2v) is 10.4. The zero-order valence-electron chi connectivity index (χ0n) is 24.2. The molecule has 4 aromatic heterocycles. The molecule has 0 atom stereocenters. The van der Waals surface area contributed by atoms with Crippen LogP contribution in [0.3, 0.4) is 0 Å². The maximum Gasteiger partial charge on any atom is 0.349 e. The molecule has 0 aliphatic carbocycles. The van der Waals surface area contributed by atoms with Crippen LogP contribution in [-0.4, -0.2) is 36.6 Å². The standard InChI is InChI=1S/C34H28N4O6/c1-4-18-17-24(31(39)36-28(18)21-9-11-26-20(16-21)12-14-38(26)3)34(43)44-30-23(5-2)29(37-32(40)27(30)33(41)42)22-8-10-25-19(15-22)7-6-13-35-25/h6-17H,4-5H2,1-3H3,(H,36,39)(H,37,40)(H,41,42). The maximum absolute atomic E-state index is 13.5. The van der Waals surface area contributed by atoms with Gasteiger partial charge in [-0.25, -0.2) is 9.59 Å². The number of carbonyl (C=O) groups excluding carboxylic acids is 1. The summed E-state index contributed by atoms with van der Waals surface area (Å²) < 4.78 is 7.65. The van der Waals surface area contributed by atoms with Crippen molar-refractivity contribution in [3.05, 3.63) is 116 Å². The summed E-state index contributed by atoms with van der Waals surface area (Å²) in [5, 5.41) is 11.7. The molecule has 6 aromatic rings. The Labute approximate surface area is 250 Å². The second kappa shape index (κ2) is 11.1. The molecule has 10 nitrogen and oxygen atoms in total. The first-order valence-corrected chi connectivity index (χ1v) is 14.1. The molecule has 0 spiro atoms. The van der Waals surface area contributed by atoms with Crippen molar-refractivity contribution < 1.29 is 19.4 Å². The van der Waals surface area contributed by atoms with Gasteiger partial charge in [0, 0.05) is 41.3 Å². The predicted molar refractivity (Wildman–Crippen MR) is 167 cm³/mol. The summed E-state index contributed by atoms with van der Waals surface area (Å²) in [4.78, 5) is 61.9. The largest absolute Gasteiger partial charge is 0.477 e. The summed E-state index contributed by atoms with van der Waals surface area (Å²) in [6.45, 7) is 3.65. The van der Waals surface area contributed by atoms with E-state index in [9.17, 15) is 24.3 Å². The Bertz CT molecular complexity index is 2240. The molecule has 0 saturated heterocycles. The van der Waals surface area contributed by atoms with Crippen molar-refractivity contribution in [2.24, 2.45) is 7.05 Å². The number of aromatic nitrogens is 4. The highest BCUT2D eigenvalue weighted by Crippen LogP contribution is 2.33. The lowest BCUT2D eigenvalue weighted by Gasteiger charge is -2.16. The number of nitrogens with one attached hydrogen (secondary N) is 2. The number of benzene rings is 2. The van der Waals surface area contributed by atoms with E-state index in [2.05, 4.69) is 15.0 Å². The number of rotatable bonds is 7. The van der Waals surface area contributed by atoms with E-state index >= 15 is 0 Å². The number of carboxylic acid groups (broad SMARTS) is 1. The van der Waals surface area contributed by atoms with Crippen LogP contribution in [0.15, 0.2) is 82.6 Å². The Kier molecular flexibility index (Phi) is 7.18. The van der Waals surface area contributed by atoms with Crippen LogP contribution in [0.1, 0.15) is 45.7 Å². The number of carbonyl (C=O) groups is 2. The molecule has 3 N–H and O–H groups in total. The Morgan fingerprint density at radius 1 is 0.886 bits per heavy atom. The first-order valence-electron chi connectivity index (χ1n) is 14.1. The van der Waals surface area contributed by atoms with Crippen molar-refractivity contribution in [1.29, 1.82) is 0 Å². The van der Waals surface area contributed by atoms with Crippen LogP contribution in [0.5, 0.6) is 5.75 Å². The maximum atomic E-state index is 13.5. The molecule has 0 aliphatic rings. The molecular weight excluding hydrogens is 560 g/mol. The van der Waals surface area contributed by atoms with E-state index in [1.54, 1.807) is 31.3 Å². The highest BCUT2D eigenvalue weighted by atomic mass is 16.5. The summed E-state index contributed by atoms with van der Waals surface area (Å²) in [5.41, 5.74) is 2.36. The van der Waals surface area contributed by atoms with Gasteiger partial charge in [0.25, 0.3) is 11.1 Å². The number of aryl methyl sites for hydroxylation is 2. The SMILES string of the molecule is CCc1cc(C(=O)Oc2c(CC)c(-c3ccc4ncccc4c3)[nH]c(=O)c2C(=O)O)c(=O)[nH]c1-c1ccc2c(ccn2C)c1. The van der Waals surface area contributed by atoms with Gasteiger partial charge in [-0.05, 0) is 72.0 Å². The van der Waals surface area contributed by atoms with Crippen molar-refractivity contribution in [3.8, 4) is 28.3 Å². The van der Waals surface area contributed by atoms with Gasteiger partial charge in [-0.2, -0.15) is 0 Å². The van der Waals surface area contributed by atoms with E-state index in [0.717, 1.165) is 27.4 Å². The summed E-state index contributed by atoms with van der Waals surface area (Å²) >= 11 is 0. The van der Waals surface area contributed by atoms with Crippen LogP contribution < -0.4 is 15.9 Å². The van der Waals surface area contributed by atoms with Gasteiger partial charge in [0.15, 0.2) is 11.3 Å². The second-order valence-electron chi connectivity index (χ2n) is 10.4. The van der Waals surface area contributed by atoms with Gasteiger partial charge in [0.05, 0.1) is 16.9 Å². The minimum absolute atomic E-state index is 0.220. The van der Waals surface area contributed by atoms with E-state index in [0.29, 0.717) is 34.5 Å². The first-order chi connectivity index (χ1) is 21.2. The van der Waals surface area contributed by atoms with E-state index < -0.39 is 34.4 Å². The van der Waals surface area contributed by atoms with Gasteiger partial charge in [-0.3, -0.25) is 14.6 Å². The number of carboxylic acids is 1. The number of aromatic carboxylic acids is 1. The molecule has 0 amide bonds. The number of ether oxygens (including phenoxy) is 1. The summed E-state index contributed by atoms with van der Waals surface area (Å²) in [6, 6.07) is 18.2. The van der Waals surface area contributed by atoms with Gasteiger partial charge in [-0.1, -0.05) is 32.0 Å². The topological polar surface area (TPSA) is 147 Å². The fraction of sp³-hybridized carbons (Fsp3) is 0.147. The first kappa shape index (κ1) is 28.4. The van der Waals surface area contributed by atoms with Crippen LogP contribution in [0.4, 0.5) is 0 Å². The number of nitrogens with zero attached hydrogens (tertiary/aromatic N) is 2. The Balaban J connectivity index is 1.44. The molecular formula is C34H28N4O6. The minimum Gasteiger partial charge on any atom is -0.477 e. The molecule has 0 radical (unpaired) electrons. The molecule has 0 aliphatic heterocycles. The Hall–Kier alpha value is -5.77. The average molecular weight is 589 g/mol. The third kappa shape index (κ3) is 4.86. The Morgan fingerprint density at radius 3 is 2.36 bits per heavy atom. The summed E-state index contributed by atoms with van der Waals surface area (Å²) in [7, 11) is 1.95.